The Morgan fingerprint density at radius 2 is 1.90 bits per heavy atom. The van der Waals surface area contributed by atoms with Gasteiger partial charge in [-0.15, -0.1) is 0 Å². The van der Waals surface area contributed by atoms with Crippen molar-refractivity contribution < 1.29 is 14.0 Å². The topological polar surface area (TPSA) is 80.5 Å². The molecule has 5 aromatic rings. The summed E-state index contributed by atoms with van der Waals surface area (Å²) in [5.74, 6) is -0.563. The molecule has 0 bridgehead atoms. The van der Waals surface area contributed by atoms with Gasteiger partial charge in [-0.1, -0.05) is 43.3 Å². The number of hydrogen-bond acceptors (Lipinski definition) is 5. The molecule has 4 heterocycles. The van der Waals surface area contributed by atoms with Gasteiger partial charge in [-0.3, -0.25) is 14.6 Å². The summed E-state index contributed by atoms with van der Waals surface area (Å²) in [5.41, 5.74) is 6.53. The Hall–Kier alpha value is -4.72. The average Bonchev–Trinajstić information content (AvgIpc) is 3.40. The van der Waals surface area contributed by atoms with Crippen LogP contribution in [0.4, 0.5) is 4.39 Å². The van der Waals surface area contributed by atoms with Crippen molar-refractivity contribution in [3.8, 4) is 22.4 Å². The van der Waals surface area contributed by atoms with Crippen LogP contribution in [0, 0.1) is 5.82 Å². The lowest BCUT2D eigenvalue weighted by Gasteiger charge is -2.35. The largest absolute Gasteiger partial charge is 0.330 e. The summed E-state index contributed by atoms with van der Waals surface area (Å²) in [6.45, 7) is 4.66. The Morgan fingerprint density at radius 3 is 2.64 bits per heavy atom. The third-order valence-corrected chi connectivity index (χ3v) is 7.42. The van der Waals surface area contributed by atoms with Crippen LogP contribution in [-0.4, -0.2) is 43.2 Å². The Labute approximate surface area is 225 Å². The van der Waals surface area contributed by atoms with Crippen molar-refractivity contribution in [2.24, 2.45) is 0 Å². The number of carbonyl (C=O) groups is 2. The van der Waals surface area contributed by atoms with Gasteiger partial charge in [0.15, 0.2) is 11.9 Å². The van der Waals surface area contributed by atoms with E-state index in [9.17, 15) is 9.59 Å². The number of aromatic nitrogens is 4. The number of carbonyl (C=O) groups excluding carboxylic acids is 2. The molecule has 0 saturated heterocycles. The molecule has 194 valence electrons. The Bertz CT molecular complexity index is 1730. The molecular weight excluding hydrogens is 493 g/mol. The van der Waals surface area contributed by atoms with Gasteiger partial charge >= 0.3 is 0 Å². The zero-order valence-corrected chi connectivity index (χ0v) is 21.6. The van der Waals surface area contributed by atoms with E-state index in [0.29, 0.717) is 58.7 Å². The molecule has 1 aliphatic rings. The lowest BCUT2D eigenvalue weighted by atomic mass is 9.93. The van der Waals surface area contributed by atoms with Gasteiger partial charge < -0.3 is 4.90 Å². The van der Waals surface area contributed by atoms with Crippen molar-refractivity contribution in [1.29, 1.82) is 0 Å². The zero-order valence-electron chi connectivity index (χ0n) is 21.6. The SMILES string of the molecule is CCc1cc(C(=O)N2CCc3ccccc3C2C)nc2cc(-c3ccc(-c4ccc(C=O)nc4)cc3F)nn12. The highest BCUT2D eigenvalue weighted by molar-refractivity contribution is 5.93. The molecule has 1 atom stereocenters. The maximum atomic E-state index is 15.3. The molecule has 2 aromatic carbocycles. The molecule has 0 radical (unpaired) electrons. The van der Waals surface area contributed by atoms with E-state index in [2.05, 4.69) is 27.2 Å². The number of benzene rings is 2. The van der Waals surface area contributed by atoms with Crippen molar-refractivity contribution >= 4 is 17.8 Å². The van der Waals surface area contributed by atoms with E-state index < -0.39 is 5.82 Å². The molecule has 7 nitrogen and oxygen atoms in total. The van der Waals surface area contributed by atoms with Gasteiger partial charge in [0.1, 0.15) is 17.2 Å². The number of nitrogens with zero attached hydrogens (tertiary/aromatic N) is 5. The van der Waals surface area contributed by atoms with Gasteiger partial charge in [-0.05, 0) is 60.7 Å². The smallest absolute Gasteiger partial charge is 0.273 e. The van der Waals surface area contributed by atoms with Crippen LogP contribution in [0.3, 0.4) is 0 Å². The van der Waals surface area contributed by atoms with E-state index in [1.807, 2.05) is 30.9 Å². The average molecular weight is 520 g/mol. The summed E-state index contributed by atoms with van der Waals surface area (Å²) in [5, 5.41) is 4.64. The third-order valence-electron chi connectivity index (χ3n) is 7.42. The van der Waals surface area contributed by atoms with Gasteiger partial charge in [0.25, 0.3) is 5.91 Å². The summed E-state index contributed by atoms with van der Waals surface area (Å²) in [7, 11) is 0. The summed E-state index contributed by atoms with van der Waals surface area (Å²) in [6, 6.07) is 19.9. The molecule has 3 aromatic heterocycles. The van der Waals surface area contributed by atoms with Gasteiger partial charge in [0.05, 0.1) is 11.7 Å². The number of hydrogen-bond donors (Lipinski definition) is 0. The fraction of sp³-hybridized carbons (Fsp3) is 0.194. The van der Waals surface area contributed by atoms with E-state index in [-0.39, 0.29) is 11.9 Å². The number of aryl methyl sites for hydroxylation is 1. The molecule has 0 N–H and O–H groups in total. The normalized spacial score (nSPS) is 14.8. The highest BCUT2D eigenvalue weighted by Crippen LogP contribution is 2.31. The second kappa shape index (κ2) is 9.87. The Morgan fingerprint density at radius 1 is 1.08 bits per heavy atom. The Kier molecular flexibility index (Phi) is 6.23. The highest BCUT2D eigenvalue weighted by atomic mass is 19.1. The number of aldehydes is 1. The molecule has 0 spiro atoms. The van der Waals surface area contributed by atoms with Crippen LogP contribution in [0.25, 0.3) is 28.0 Å². The van der Waals surface area contributed by atoms with Crippen molar-refractivity contribution in [1.82, 2.24) is 24.5 Å². The van der Waals surface area contributed by atoms with Crippen LogP contribution in [0.5, 0.6) is 0 Å². The van der Waals surface area contributed by atoms with Gasteiger partial charge in [0.2, 0.25) is 0 Å². The first-order chi connectivity index (χ1) is 19.0. The molecule has 0 saturated carbocycles. The Balaban J connectivity index is 1.33. The number of halogens is 1. The van der Waals surface area contributed by atoms with Crippen LogP contribution in [-0.2, 0) is 12.8 Å². The van der Waals surface area contributed by atoms with Crippen LogP contribution in [0.15, 0.2) is 72.9 Å². The minimum atomic E-state index is -0.439. The van der Waals surface area contributed by atoms with Crippen LogP contribution in [0.1, 0.15) is 57.7 Å². The first kappa shape index (κ1) is 24.6. The predicted molar refractivity (Wildman–Crippen MR) is 146 cm³/mol. The number of amides is 1. The molecular formula is C31H26FN5O2. The van der Waals surface area contributed by atoms with E-state index in [1.165, 1.54) is 11.6 Å². The van der Waals surface area contributed by atoms with Gasteiger partial charge in [0, 0.05) is 35.6 Å². The first-order valence-corrected chi connectivity index (χ1v) is 13.0. The fourth-order valence-corrected chi connectivity index (χ4v) is 5.27. The highest BCUT2D eigenvalue weighted by Gasteiger charge is 2.29. The predicted octanol–water partition coefficient (Wildman–Crippen LogP) is 5.73. The van der Waals surface area contributed by atoms with Crippen LogP contribution in [0.2, 0.25) is 0 Å². The third kappa shape index (κ3) is 4.37. The van der Waals surface area contributed by atoms with E-state index >= 15 is 4.39 Å². The maximum absolute atomic E-state index is 15.3. The maximum Gasteiger partial charge on any atom is 0.273 e. The minimum Gasteiger partial charge on any atom is -0.330 e. The van der Waals surface area contributed by atoms with Crippen molar-refractivity contribution in [3.05, 3.63) is 107 Å². The zero-order chi connectivity index (χ0) is 27.1. The molecule has 0 fully saturated rings. The lowest BCUT2D eigenvalue weighted by molar-refractivity contribution is 0.0671. The van der Waals surface area contributed by atoms with E-state index in [0.717, 1.165) is 17.7 Å². The van der Waals surface area contributed by atoms with Gasteiger partial charge in [-0.2, -0.15) is 5.10 Å². The monoisotopic (exact) mass is 519 g/mol. The van der Waals surface area contributed by atoms with Crippen molar-refractivity contribution in [2.45, 2.75) is 32.7 Å². The van der Waals surface area contributed by atoms with Crippen molar-refractivity contribution in [3.63, 3.8) is 0 Å². The lowest BCUT2D eigenvalue weighted by Crippen LogP contribution is -2.39. The van der Waals surface area contributed by atoms with E-state index in [1.54, 1.807) is 47.1 Å². The van der Waals surface area contributed by atoms with Gasteiger partial charge in [-0.25, -0.2) is 13.9 Å². The quantitative estimate of drug-likeness (QED) is 0.277. The molecule has 1 amide bonds. The number of pyridine rings is 1. The van der Waals surface area contributed by atoms with E-state index in [4.69, 9.17) is 0 Å². The molecule has 39 heavy (non-hydrogen) atoms. The molecule has 1 unspecified atom stereocenters. The summed E-state index contributed by atoms with van der Waals surface area (Å²) < 4.78 is 17.0. The first-order valence-electron chi connectivity index (χ1n) is 13.0. The van der Waals surface area contributed by atoms with Crippen molar-refractivity contribution in [2.75, 3.05) is 6.54 Å². The van der Waals surface area contributed by atoms with Crippen LogP contribution < -0.4 is 0 Å². The fourth-order valence-electron chi connectivity index (χ4n) is 5.27. The molecule has 6 rings (SSSR count). The standard InChI is InChI=1S/C31H26FN5O2/c1-3-24-15-29(31(39)36-13-12-20-6-4-5-7-25(20)19(36)2)34-30-16-28(35-37(24)30)26-11-9-21(14-27(26)32)22-8-10-23(18-38)33-17-22/h4-11,14-19H,3,12-13H2,1-2H3. The molecule has 0 aliphatic carbocycles. The second-order valence-corrected chi connectivity index (χ2v) is 9.69. The summed E-state index contributed by atoms with van der Waals surface area (Å²) >= 11 is 0. The summed E-state index contributed by atoms with van der Waals surface area (Å²) in [4.78, 5) is 35.1. The molecule has 8 heteroatoms. The minimum absolute atomic E-state index is 0.0523. The van der Waals surface area contributed by atoms with Crippen LogP contribution >= 0.6 is 0 Å². The number of fused-ring (bicyclic) bond motifs is 2. The second-order valence-electron chi connectivity index (χ2n) is 9.69. The number of rotatable bonds is 5. The molecule has 1 aliphatic heterocycles. The summed E-state index contributed by atoms with van der Waals surface area (Å²) in [6.07, 6.45) is 3.64.